The van der Waals surface area contributed by atoms with Crippen LogP contribution in [0.4, 0.5) is 0 Å². The van der Waals surface area contributed by atoms with Crippen LogP contribution in [-0.2, 0) is 4.79 Å². The fourth-order valence-corrected chi connectivity index (χ4v) is 2.42. The van der Waals surface area contributed by atoms with Crippen LogP contribution in [0.1, 0.15) is 36.2 Å². The number of halogens is 1. The molecule has 2 rings (SSSR count). The van der Waals surface area contributed by atoms with E-state index in [0.29, 0.717) is 4.67 Å². The number of hydrogen-bond donors (Lipinski definition) is 1. The monoisotopic (exact) mass is 328 g/mol. The van der Waals surface area contributed by atoms with Crippen molar-refractivity contribution in [1.82, 2.24) is 10.2 Å². The summed E-state index contributed by atoms with van der Waals surface area (Å²) >= 11 is 3.13. The maximum absolute atomic E-state index is 12.0. The number of amides is 2. The summed E-state index contributed by atoms with van der Waals surface area (Å²) in [6.45, 7) is 1.61. The fraction of sp³-hybridized carbons (Fsp3) is 0.538. The lowest BCUT2D eigenvalue weighted by Gasteiger charge is -2.20. The van der Waals surface area contributed by atoms with Crippen LogP contribution in [0.3, 0.4) is 0 Å². The van der Waals surface area contributed by atoms with Gasteiger partial charge in [0, 0.05) is 13.1 Å². The molecule has 104 valence electrons. The van der Waals surface area contributed by atoms with Gasteiger partial charge in [0.2, 0.25) is 5.91 Å². The molecule has 1 saturated heterocycles. The molecule has 0 saturated carbocycles. The van der Waals surface area contributed by atoms with Gasteiger partial charge in [-0.15, -0.1) is 0 Å². The number of rotatable bonds is 3. The topological polar surface area (TPSA) is 62.6 Å². The van der Waals surface area contributed by atoms with E-state index in [0.717, 1.165) is 25.9 Å². The third-order valence-electron chi connectivity index (χ3n) is 3.16. The Morgan fingerprint density at radius 3 is 2.47 bits per heavy atom. The van der Waals surface area contributed by atoms with Crippen molar-refractivity contribution in [3.05, 3.63) is 22.6 Å². The van der Waals surface area contributed by atoms with Crippen LogP contribution in [0.25, 0.3) is 0 Å². The van der Waals surface area contributed by atoms with Gasteiger partial charge in [-0.05, 0) is 40.9 Å². The predicted molar refractivity (Wildman–Crippen MR) is 73.8 cm³/mol. The van der Waals surface area contributed by atoms with Gasteiger partial charge < -0.3 is 14.6 Å². The number of hydrogen-bond acceptors (Lipinski definition) is 3. The lowest BCUT2D eigenvalue weighted by Crippen LogP contribution is -2.40. The molecule has 1 aromatic rings. The van der Waals surface area contributed by atoms with Gasteiger partial charge in [-0.3, -0.25) is 9.59 Å². The smallest absolute Gasteiger partial charge is 0.287 e. The van der Waals surface area contributed by atoms with Gasteiger partial charge >= 0.3 is 0 Å². The van der Waals surface area contributed by atoms with E-state index in [1.807, 2.05) is 4.90 Å². The van der Waals surface area contributed by atoms with Crippen LogP contribution in [0, 0.1) is 0 Å². The predicted octanol–water partition coefficient (Wildman–Crippen LogP) is 2.17. The summed E-state index contributed by atoms with van der Waals surface area (Å²) in [5.41, 5.74) is 0. The van der Waals surface area contributed by atoms with E-state index in [9.17, 15) is 9.59 Å². The zero-order valence-electron chi connectivity index (χ0n) is 10.7. The SMILES string of the molecule is O=C(NCC(=O)N1CCCCCC1)c1ccc(Br)o1. The number of nitrogens with one attached hydrogen (secondary N) is 1. The number of likely N-dealkylation sites (tertiary alicyclic amines) is 1. The van der Waals surface area contributed by atoms with Gasteiger partial charge in [0.05, 0.1) is 6.54 Å². The summed E-state index contributed by atoms with van der Waals surface area (Å²) in [5.74, 6) is -0.190. The molecule has 0 radical (unpaired) electrons. The number of nitrogens with zero attached hydrogens (tertiary/aromatic N) is 1. The van der Waals surface area contributed by atoms with Crippen molar-refractivity contribution in [2.24, 2.45) is 0 Å². The summed E-state index contributed by atoms with van der Waals surface area (Å²) in [4.78, 5) is 25.5. The van der Waals surface area contributed by atoms with Crippen LogP contribution in [-0.4, -0.2) is 36.3 Å². The minimum absolute atomic E-state index is 0.0250. The third kappa shape index (κ3) is 4.09. The summed E-state index contributed by atoms with van der Waals surface area (Å²) in [5, 5.41) is 2.59. The van der Waals surface area contributed by atoms with Gasteiger partial charge in [-0.1, -0.05) is 12.8 Å². The summed E-state index contributed by atoms with van der Waals surface area (Å²) in [6, 6.07) is 3.21. The molecule has 2 amide bonds. The normalized spacial score (nSPS) is 15.9. The Morgan fingerprint density at radius 2 is 1.89 bits per heavy atom. The van der Waals surface area contributed by atoms with Gasteiger partial charge in [0.1, 0.15) is 0 Å². The first-order valence-corrected chi connectivity index (χ1v) is 7.27. The van der Waals surface area contributed by atoms with Crippen LogP contribution < -0.4 is 5.32 Å². The van der Waals surface area contributed by atoms with E-state index in [4.69, 9.17) is 4.42 Å². The molecule has 1 fully saturated rings. The Kier molecular flexibility index (Phi) is 5.01. The maximum Gasteiger partial charge on any atom is 0.287 e. The van der Waals surface area contributed by atoms with E-state index in [2.05, 4.69) is 21.2 Å². The first kappa shape index (κ1) is 14.1. The quantitative estimate of drug-likeness (QED) is 0.924. The van der Waals surface area contributed by atoms with E-state index in [1.54, 1.807) is 12.1 Å². The first-order valence-electron chi connectivity index (χ1n) is 6.48. The molecule has 1 N–H and O–H groups in total. The number of furan rings is 1. The minimum Gasteiger partial charge on any atom is -0.444 e. The maximum atomic E-state index is 12.0. The largest absolute Gasteiger partial charge is 0.444 e. The second-order valence-electron chi connectivity index (χ2n) is 4.58. The highest BCUT2D eigenvalue weighted by atomic mass is 79.9. The van der Waals surface area contributed by atoms with Crippen molar-refractivity contribution < 1.29 is 14.0 Å². The van der Waals surface area contributed by atoms with Gasteiger partial charge in [-0.2, -0.15) is 0 Å². The molecule has 6 heteroatoms. The fourth-order valence-electron chi connectivity index (χ4n) is 2.11. The number of carbonyl (C=O) groups excluding carboxylic acids is 2. The highest BCUT2D eigenvalue weighted by Crippen LogP contribution is 2.13. The van der Waals surface area contributed by atoms with E-state index >= 15 is 0 Å². The molecule has 2 heterocycles. The summed E-state index contributed by atoms with van der Waals surface area (Å²) < 4.78 is 5.62. The average molecular weight is 329 g/mol. The number of carbonyl (C=O) groups is 2. The second-order valence-corrected chi connectivity index (χ2v) is 5.36. The summed E-state index contributed by atoms with van der Waals surface area (Å²) in [7, 11) is 0. The molecule has 1 aromatic heterocycles. The van der Waals surface area contributed by atoms with Gasteiger partial charge in [0.25, 0.3) is 5.91 Å². The van der Waals surface area contributed by atoms with Crippen molar-refractivity contribution in [2.75, 3.05) is 19.6 Å². The lowest BCUT2D eigenvalue weighted by molar-refractivity contribution is -0.130. The van der Waals surface area contributed by atoms with Crippen molar-refractivity contribution in [1.29, 1.82) is 0 Å². The molecule has 0 aromatic carbocycles. The van der Waals surface area contributed by atoms with E-state index in [1.165, 1.54) is 12.8 Å². The zero-order chi connectivity index (χ0) is 13.7. The molecule has 0 unspecified atom stereocenters. The standard InChI is InChI=1S/C13H17BrN2O3/c14-11-6-5-10(19-11)13(18)15-9-12(17)16-7-3-1-2-4-8-16/h5-6H,1-4,7-9H2,(H,15,18). The summed E-state index contributed by atoms with van der Waals surface area (Å²) in [6.07, 6.45) is 4.45. The molecule has 0 bridgehead atoms. The molecule has 5 nitrogen and oxygen atoms in total. The first-order chi connectivity index (χ1) is 9.16. The van der Waals surface area contributed by atoms with Crippen LogP contribution >= 0.6 is 15.9 Å². The Labute approximate surface area is 120 Å². The molecular formula is C13H17BrN2O3. The highest BCUT2D eigenvalue weighted by molar-refractivity contribution is 9.10. The Hall–Kier alpha value is -1.30. The van der Waals surface area contributed by atoms with Gasteiger partial charge in [0.15, 0.2) is 10.4 Å². The molecule has 1 aliphatic rings. The van der Waals surface area contributed by atoms with Gasteiger partial charge in [-0.25, -0.2) is 0 Å². The van der Waals surface area contributed by atoms with E-state index in [-0.39, 0.29) is 24.1 Å². The lowest BCUT2D eigenvalue weighted by atomic mass is 10.2. The van der Waals surface area contributed by atoms with Crippen LogP contribution in [0.5, 0.6) is 0 Å². The average Bonchev–Trinajstić information content (AvgIpc) is 2.68. The van der Waals surface area contributed by atoms with Crippen molar-refractivity contribution in [2.45, 2.75) is 25.7 Å². The van der Waals surface area contributed by atoms with Crippen LogP contribution in [0.15, 0.2) is 21.2 Å². The molecule has 0 spiro atoms. The van der Waals surface area contributed by atoms with Crippen molar-refractivity contribution >= 4 is 27.7 Å². The Balaban J connectivity index is 1.81. The van der Waals surface area contributed by atoms with Crippen molar-refractivity contribution in [3.8, 4) is 0 Å². The highest BCUT2D eigenvalue weighted by Gasteiger charge is 2.17. The third-order valence-corrected chi connectivity index (χ3v) is 3.58. The molecule has 1 aliphatic heterocycles. The minimum atomic E-state index is -0.367. The second kappa shape index (κ2) is 6.75. The molecule has 0 atom stereocenters. The molecule has 0 aliphatic carbocycles. The van der Waals surface area contributed by atoms with Crippen LogP contribution in [0.2, 0.25) is 0 Å². The Morgan fingerprint density at radius 1 is 1.21 bits per heavy atom. The zero-order valence-corrected chi connectivity index (χ0v) is 12.2. The Bertz CT molecular complexity index is 450. The molecule has 19 heavy (non-hydrogen) atoms. The molecular weight excluding hydrogens is 312 g/mol. The van der Waals surface area contributed by atoms with E-state index < -0.39 is 0 Å². The van der Waals surface area contributed by atoms with Crippen molar-refractivity contribution in [3.63, 3.8) is 0 Å².